The van der Waals surface area contributed by atoms with Crippen molar-refractivity contribution in [3.05, 3.63) is 24.3 Å². The quantitative estimate of drug-likeness (QED) is 0.833. The van der Waals surface area contributed by atoms with Gasteiger partial charge in [-0.2, -0.15) is 0 Å². The smallest absolute Gasteiger partial charge is 0.308 e. The number of para-hydroxylation sites is 1. The lowest BCUT2D eigenvalue weighted by molar-refractivity contribution is -0.141. The molecule has 1 aromatic carbocycles. The Kier molecular flexibility index (Phi) is 3.38. The van der Waals surface area contributed by atoms with E-state index >= 15 is 0 Å². The third-order valence-electron chi connectivity index (χ3n) is 2.85. The van der Waals surface area contributed by atoms with Crippen molar-refractivity contribution in [1.29, 1.82) is 0 Å². The Balaban J connectivity index is 2.29. The molecule has 1 heterocycles. The zero-order valence-electron chi connectivity index (χ0n) is 9.42. The summed E-state index contributed by atoms with van der Waals surface area (Å²) in [6.45, 7) is 0.270. The van der Waals surface area contributed by atoms with E-state index in [1.807, 2.05) is 30.5 Å². The zero-order chi connectivity index (χ0) is 12.4. The summed E-state index contributed by atoms with van der Waals surface area (Å²) < 4.78 is 0. The molecule has 1 N–H and O–H groups in total. The summed E-state index contributed by atoms with van der Waals surface area (Å²) in [5, 5.41) is 8.94. The van der Waals surface area contributed by atoms with E-state index in [4.69, 9.17) is 5.11 Å². The molecule has 0 aromatic heterocycles. The molecule has 5 heteroatoms. The third-order valence-corrected chi connectivity index (χ3v) is 3.64. The molecule has 1 atom stereocenters. The number of carboxylic acid groups (broad SMARTS) is 1. The van der Waals surface area contributed by atoms with E-state index < -0.39 is 11.9 Å². The van der Waals surface area contributed by atoms with Crippen molar-refractivity contribution in [1.82, 2.24) is 0 Å². The second-order valence-electron chi connectivity index (χ2n) is 3.92. The van der Waals surface area contributed by atoms with Gasteiger partial charge in [-0.1, -0.05) is 12.1 Å². The van der Waals surface area contributed by atoms with Crippen LogP contribution in [0.15, 0.2) is 29.2 Å². The molecule has 1 aliphatic heterocycles. The van der Waals surface area contributed by atoms with Gasteiger partial charge in [-0.15, -0.1) is 11.8 Å². The van der Waals surface area contributed by atoms with Crippen LogP contribution < -0.4 is 4.90 Å². The molecule has 0 spiro atoms. The Morgan fingerprint density at radius 2 is 2.18 bits per heavy atom. The molecule has 17 heavy (non-hydrogen) atoms. The minimum absolute atomic E-state index is 0.0953. The SMILES string of the molecule is CSc1ccccc1N1C[C@H](C(=O)O)CC1=O. The first-order valence-electron chi connectivity index (χ1n) is 5.29. The maximum absolute atomic E-state index is 11.8. The average Bonchev–Trinajstić information content (AvgIpc) is 2.71. The zero-order valence-corrected chi connectivity index (χ0v) is 10.2. The van der Waals surface area contributed by atoms with Crippen molar-refractivity contribution in [2.24, 2.45) is 5.92 Å². The van der Waals surface area contributed by atoms with Crippen LogP contribution in [-0.2, 0) is 9.59 Å². The molecule has 2 rings (SSSR count). The van der Waals surface area contributed by atoms with Crippen LogP contribution in [0.2, 0.25) is 0 Å². The minimum atomic E-state index is -0.900. The highest BCUT2D eigenvalue weighted by Gasteiger charge is 2.35. The molecular weight excluding hydrogens is 238 g/mol. The molecular formula is C12H13NO3S. The Morgan fingerprint density at radius 3 is 2.76 bits per heavy atom. The van der Waals surface area contributed by atoms with Gasteiger partial charge in [0.1, 0.15) is 0 Å². The average molecular weight is 251 g/mol. The number of hydrogen-bond acceptors (Lipinski definition) is 3. The van der Waals surface area contributed by atoms with Gasteiger partial charge in [-0.3, -0.25) is 9.59 Å². The summed E-state index contributed by atoms with van der Waals surface area (Å²) in [6, 6.07) is 7.55. The standard InChI is InChI=1S/C12H13NO3S/c1-17-10-5-3-2-4-9(10)13-7-8(12(15)16)6-11(13)14/h2-5,8H,6-7H2,1H3,(H,15,16)/t8-/m1/s1. The number of anilines is 1. The van der Waals surface area contributed by atoms with Crippen molar-refractivity contribution in [2.45, 2.75) is 11.3 Å². The van der Waals surface area contributed by atoms with Crippen LogP contribution in [0.1, 0.15) is 6.42 Å². The number of carbonyl (C=O) groups is 2. The maximum Gasteiger partial charge on any atom is 0.308 e. The van der Waals surface area contributed by atoms with E-state index in [-0.39, 0.29) is 18.9 Å². The highest BCUT2D eigenvalue weighted by atomic mass is 32.2. The molecule has 1 amide bonds. The molecule has 0 unspecified atom stereocenters. The summed E-state index contributed by atoms with van der Waals surface area (Å²) in [7, 11) is 0. The van der Waals surface area contributed by atoms with Gasteiger partial charge in [0.05, 0.1) is 11.6 Å². The Hall–Kier alpha value is -1.49. The van der Waals surface area contributed by atoms with Gasteiger partial charge < -0.3 is 10.0 Å². The van der Waals surface area contributed by atoms with E-state index in [0.717, 1.165) is 10.6 Å². The number of nitrogens with zero attached hydrogens (tertiary/aromatic N) is 1. The van der Waals surface area contributed by atoms with Crippen LogP contribution in [0, 0.1) is 5.92 Å². The fourth-order valence-electron chi connectivity index (χ4n) is 1.96. The summed E-state index contributed by atoms with van der Waals surface area (Å²) >= 11 is 1.55. The monoisotopic (exact) mass is 251 g/mol. The minimum Gasteiger partial charge on any atom is -0.481 e. The summed E-state index contributed by atoms with van der Waals surface area (Å²) in [5.74, 6) is -1.60. The number of carbonyl (C=O) groups excluding carboxylic acids is 1. The molecule has 1 aliphatic rings. The number of carboxylic acids is 1. The van der Waals surface area contributed by atoms with Gasteiger partial charge in [0.15, 0.2) is 0 Å². The van der Waals surface area contributed by atoms with Gasteiger partial charge in [0.25, 0.3) is 0 Å². The van der Waals surface area contributed by atoms with Gasteiger partial charge >= 0.3 is 5.97 Å². The first kappa shape index (κ1) is 12.0. The number of aliphatic carboxylic acids is 1. The number of amides is 1. The molecule has 1 fully saturated rings. The van der Waals surface area contributed by atoms with Gasteiger partial charge in [0.2, 0.25) is 5.91 Å². The maximum atomic E-state index is 11.8. The normalized spacial score (nSPS) is 19.7. The van der Waals surface area contributed by atoms with Gasteiger partial charge in [0, 0.05) is 17.9 Å². The summed E-state index contributed by atoms with van der Waals surface area (Å²) in [4.78, 5) is 25.3. The second kappa shape index (κ2) is 4.79. The largest absolute Gasteiger partial charge is 0.481 e. The molecule has 0 bridgehead atoms. The van der Waals surface area contributed by atoms with Crippen LogP contribution in [0.3, 0.4) is 0 Å². The summed E-state index contributed by atoms with van der Waals surface area (Å²) in [6.07, 6.45) is 2.03. The first-order valence-corrected chi connectivity index (χ1v) is 6.52. The van der Waals surface area contributed by atoms with E-state index in [0.29, 0.717) is 0 Å². The Labute approximate surface area is 104 Å². The number of rotatable bonds is 3. The van der Waals surface area contributed by atoms with Crippen LogP contribution in [0.4, 0.5) is 5.69 Å². The lowest BCUT2D eigenvalue weighted by atomic mass is 10.1. The molecule has 1 saturated heterocycles. The number of benzene rings is 1. The molecule has 0 aliphatic carbocycles. The van der Waals surface area contributed by atoms with E-state index in [1.54, 1.807) is 16.7 Å². The van der Waals surface area contributed by atoms with E-state index in [1.165, 1.54) is 0 Å². The predicted molar refractivity (Wildman–Crippen MR) is 66.3 cm³/mol. The third kappa shape index (κ3) is 2.29. The predicted octanol–water partition coefficient (Wildman–Crippen LogP) is 1.85. The molecule has 4 nitrogen and oxygen atoms in total. The van der Waals surface area contributed by atoms with E-state index in [2.05, 4.69) is 0 Å². The van der Waals surface area contributed by atoms with Crippen LogP contribution in [0.25, 0.3) is 0 Å². The Morgan fingerprint density at radius 1 is 1.47 bits per heavy atom. The molecule has 90 valence electrons. The summed E-state index contributed by atoms with van der Waals surface area (Å²) in [5.41, 5.74) is 0.814. The second-order valence-corrected chi connectivity index (χ2v) is 4.76. The first-order chi connectivity index (χ1) is 8.13. The highest BCUT2D eigenvalue weighted by molar-refractivity contribution is 7.98. The fraction of sp³-hybridized carbons (Fsp3) is 0.333. The molecule has 0 saturated carbocycles. The van der Waals surface area contributed by atoms with Crippen molar-refractivity contribution in [3.63, 3.8) is 0 Å². The van der Waals surface area contributed by atoms with Crippen molar-refractivity contribution in [2.75, 3.05) is 17.7 Å². The molecule has 0 radical (unpaired) electrons. The highest BCUT2D eigenvalue weighted by Crippen LogP contribution is 2.32. The van der Waals surface area contributed by atoms with E-state index in [9.17, 15) is 9.59 Å². The van der Waals surface area contributed by atoms with Crippen molar-refractivity contribution >= 4 is 29.3 Å². The van der Waals surface area contributed by atoms with Crippen molar-refractivity contribution < 1.29 is 14.7 Å². The topological polar surface area (TPSA) is 57.6 Å². The number of thioether (sulfide) groups is 1. The lowest BCUT2D eigenvalue weighted by Gasteiger charge is -2.18. The lowest BCUT2D eigenvalue weighted by Crippen LogP contribution is -2.26. The van der Waals surface area contributed by atoms with Crippen LogP contribution in [-0.4, -0.2) is 29.8 Å². The van der Waals surface area contributed by atoms with Crippen molar-refractivity contribution in [3.8, 4) is 0 Å². The Bertz CT molecular complexity index is 461. The van der Waals surface area contributed by atoms with Crippen LogP contribution >= 0.6 is 11.8 Å². The van der Waals surface area contributed by atoms with Gasteiger partial charge in [-0.05, 0) is 18.4 Å². The molecule has 1 aromatic rings. The van der Waals surface area contributed by atoms with Gasteiger partial charge in [-0.25, -0.2) is 0 Å². The fourth-order valence-corrected chi connectivity index (χ4v) is 2.56. The van der Waals surface area contributed by atoms with Crippen LogP contribution in [0.5, 0.6) is 0 Å². The number of hydrogen-bond donors (Lipinski definition) is 1.